The molecule has 2 heterocycles. The molecule has 0 amide bonds. The SMILES string of the molecule is CCCCOCCOC(=O)C1=C(N)NC(C)=C(C(=O)OCCN2CCC(c3ccccc3)(c3ccccc3)CC2)C1c1cccc([N+](=O)[O-])c1. The predicted molar refractivity (Wildman–Crippen MR) is 190 cm³/mol. The number of nitro benzene ring substituents is 1. The highest BCUT2D eigenvalue weighted by molar-refractivity contribution is 5.99. The average molecular weight is 683 g/mol. The number of piperidine rings is 1. The van der Waals surface area contributed by atoms with Crippen LogP contribution in [0.4, 0.5) is 5.69 Å². The number of unbranched alkanes of at least 4 members (excludes halogenated alkanes) is 1. The highest BCUT2D eigenvalue weighted by Gasteiger charge is 2.40. The molecule has 2 aliphatic heterocycles. The second-order valence-corrected chi connectivity index (χ2v) is 12.7. The molecule has 5 rings (SSSR count). The number of nitrogens with two attached hydrogens (primary N) is 1. The molecule has 50 heavy (non-hydrogen) atoms. The largest absolute Gasteiger partial charge is 0.461 e. The van der Waals surface area contributed by atoms with Gasteiger partial charge in [-0.25, -0.2) is 9.59 Å². The minimum absolute atomic E-state index is 0.00101. The van der Waals surface area contributed by atoms with Gasteiger partial charge in [0.05, 0.1) is 28.6 Å². The molecule has 0 aromatic heterocycles. The van der Waals surface area contributed by atoms with Gasteiger partial charge in [-0.3, -0.25) is 15.0 Å². The van der Waals surface area contributed by atoms with Crippen molar-refractivity contribution >= 4 is 17.6 Å². The molecule has 2 aliphatic rings. The lowest BCUT2D eigenvalue weighted by Gasteiger charge is -2.43. The van der Waals surface area contributed by atoms with Crippen molar-refractivity contribution in [1.29, 1.82) is 0 Å². The number of allylic oxidation sites excluding steroid dienone is 1. The van der Waals surface area contributed by atoms with E-state index < -0.39 is 22.8 Å². The second kappa shape index (κ2) is 17.1. The number of non-ortho nitro benzene ring substituents is 1. The van der Waals surface area contributed by atoms with E-state index in [1.807, 2.05) is 12.1 Å². The van der Waals surface area contributed by atoms with Crippen LogP contribution in [-0.2, 0) is 29.2 Å². The maximum Gasteiger partial charge on any atom is 0.338 e. The van der Waals surface area contributed by atoms with Crippen LogP contribution in [0.25, 0.3) is 0 Å². The summed E-state index contributed by atoms with van der Waals surface area (Å²) in [6.45, 7) is 6.73. The van der Waals surface area contributed by atoms with Crippen molar-refractivity contribution in [3.63, 3.8) is 0 Å². The number of carbonyl (C=O) groups is 2. The summed E-state index contributed by atoms with van der Waals surface area (Å²) < 4.78 is 16.9. The van der Waals surface area contributed by atoms with Gasteiger partial charge in [0, 0.05) is 36.4 Å². The molecule has 3 N–H and O–H groups in total. The van der Waals surface area contributed by atoms with Gasteiger partial charge < -0.3 is 25.3 Å². The van der Waals surface area contributed by atoms with E-state index in [9.17, 15) is 19.7 Å². The summed E-state index contributed by atoms with van der Waals surface area (Å²) in [6, 6.07) is 27.0. The highest BCUT2D eigenvalue weighted by atomic mass is 16.6. The number of nitrogens with one attached hydrogen (secondary N) is 1. The number of nitrogens with zero attached hydrogens (tertiary/aromatic N) is 2. The molecule has 3 aromatic rings. The van der Waals surface area contributed by atoms with Gasteiger partial charge in [-0.15, -0.1) is 0 Å². The number of hydrogen-bond acceptors (Lipinski definition) is 10. The van der Waals surface area contributed by atoms with E-state index >= 15 is 0 Å². The maximum atomic E-state index is 13.9. The van der Waals surface area contributed by atoms with Crippen molar-refractivity contribution in [2.24, 2.45) is 5.73 Å². The zero-order valence-electron chi connectivity index (χ0n) is 28.8. The third-order valence-corrected chi connectivity index (χ3v) is 9.55. The minimum Gasteiger partial charge on any atom is -0.461 e. The van der Waals surface area contributed by atoms with E-state index in [0.717, 1.165) is 38.8 Å². The average Bonchev–Trinajstić information content (AvgIpc) is 3.13. The number of hydrogen-bond donors (Lipinski definition) is 2. The molecule has 0 spiro atoms. The summed E-state index contributed by atoms with van der Waals surface area (Å²) in [7, 11) is 0. The van der Waals surface area contributed by atoms with Crippen LogP contribution < -0.4 is 11.1 Å². The molecule has 1 atom stereocenters. The molecule has 1 unspecified atom stereocenters. The van der Waals surface area contributed by atoms with E-state index in [4.69, 9.17) is 19.9 Å². The number of ether oxygens (including phenoxy) is 3. The van der Waals surface area contributed by atoms with E-state index in [0.29, 0.717) is 24.4 Å². The standard InChI is InChI=1S/C39H46N4O7/c1-3-4-23-48-25-26-50-38(45)35-34(29-12-11-17-32(27-29)43(46)47)33(28(2)41-36(35)40)37(44)49-24-22-42-20-18-39(19-21-42,30-13-7-5-8-14-30)31-15-9-6-10-16-31/h5-17,27,34,41H,3-4,18-26,40H2,1-2H3. The van der Waals surface area contributed by atoms with Crippen LogP contribution in [0.15, 0.2) is 108 Å². The van der Waals surface area contributed by atoms with E-state index in [2.05, 4.69) is 65.7 Å². The molecule has 0 radical (unpaired) electrons. The quantitative estimate of drug-likeness (QED) is 0.0885. The fraction of sp³-hybridized carbons (Fsp3) is 0.385. The first-order chi connectivity index (χ1) is 24.2. The molecular weight excluding hydrogens is 636 g/mol. The van der Waals surface area contributed by atoms with Gasteiger partial charge in [-0.2, -0.15) is 0 Å². The highest BCUT2D eigenvalue weighted by Crippen LogP contribution is 2.42. The van der Waals surface area contributed by atoms with Crippen molar-refractivity contribution < 1.29 is 28.7 Å². The molecule has 1 fully saturated rings. The Kier molecular flexibility index (Phi) is 12.4. The van der Waals surface area contributed by atoms with Crippen molar-refractivity contribution in [3.8, 4) is 0 Å². The Balaban J connectivity index is 1.29. The fourth-order valence-electron chi connectivity index (χ4n) is 6.88. The summed E-state index contributed by atoms with van der Waals surface area (Å²) in [4.78, 5) is 40.8. The molecule has 0 aliphatic carbocycles. The number of esters is 2. The second-order valence-electron chi connectivity index (χ2n) is 12.7. The van der Waals surface area contributed by atoms with E-state index in [1.165, 1.54) is 29.3 Å². The van der Waals surface area contributed by atoms with Crippen molar-refractivity contribution in [2.75, 3.05) is 46.1 Å². The van der Waals surface area contributed by atoms with E-state index in [-0.39, 0.29) is 47.9 Å². The van der Waals surface area contributed by atoms with Crippen molar-refractivity contribution in [3.05, 3.63) is 134 Å². The lowest BCUT2D eigenvalue weighted by Crippen LogP contribution is -2.44. The lowest BCUT2D eigenvalue weighted by atomic mass is 9.68. The smallest absolute Gasteiger partial charge is 0.338 e. The van der Waals surface area contributed by atoms with Crippen LogP contribution in [0.3, 0.4) is 0 Å². The number of likely N-dealkylation sites (tertiary alicyclic amines) is 1. The lowest BCUT2D eigenvalue weighted by molar-refractivity contribution is -0.384. The van der Waals surface area contributed by atoms with Gasteiger partial charge in [0.2, 0.25) is 0 Å². The number of nitro groups is 1. The van der Waals surface area contributed by atoms with Gasteiger partial charge >= 0.3 is 11.9 Å². The monoisotopic (exact) mass is 682 g/mol. The maximum absolute atomic E-state index is 13.9. The molecule has 264 valence electrons. The first-order valence-electron chi connectivity index (χ1n) is 17.2. The zero-order chi connectivity index (χ0) is 35.5. The molecule has 1 saturated heterocycles. The van der Waals surface area contributed by atoms with Crippen molar-refractivity contribution in [2.45, 2.75) is 50.9 Å². The molecule has 11 heteroatoms. The molecule has 0 saturated carbocycles. The first-order valence-corrected chi connectivity index (χ1v) is 17.2. The summed E-state index contributed by atoms with van der Waals surface area (Å²) >= 11 is 0. The molecule has 0 bridgehead atoms. The third kappa shape index (κ3) is 8.40. The first kappa shape index (κ1) is 36.3. The Bertz CT molecular complexity index is 1660. The van der Waals surface area contributed by atoms with Gasteiger partial charge in [-0.05, 0) is 56.0 Å². The van der Waals surface area contributed by atoms with Crippen molar-refractivity contribution in [1.82, 2.24) is 10.2 Å². The van der Waals surface area contributed by atoms with E-state index in [1.54, 1.807) is 13.0 Å². The normalized spacial score (nSPS) is 17.6. The Morgan fingerprint density at radius 2 is 1.50 bits per heavy atom. The summed E-state index contributed by atoms with van der Waals surface area (Å²) in [6.07, 6.45) is 3.69. The predicted octanol–water partition coefficient (Wildman–Crippen LogP) is 5.71. The van der Waals surface area contributed by atoms with Crippen LogP contribution in [0.2, 0.25) is 0 Å². The van der Waals surface area contributed by atoms with Crippen LogP contribution in [0.5, 0.6) is 0 Å². The zero-order valence-corrected chi connectivity index (χ0v) is 28.8. The molecule has 11 nitrogen and oxygen atoms in total. The van der Waals surface area contributed by atoms with Crippen LogP contribution >= 0.6 is 0 Å². The number of dihydropyridines is 1. The topological polar surface area (TPSA) is 146 Å². The number of benzene rings is 3. The Morgan fingerprint density at radius 1 is 0.880 bits per heavy atom. The summed E-state index contributed by atoms with van der Waals surface area (Å²) in [5.74, 6) is -2.45. The van der Waals surface area contributed by atoms with Crippen LogP contribution in [0.1, 0.15) is 62.1 Å². The molecule has 3 aromatic carbocycles. The minimum atomic E-state index is -1.05. The number of carbonyl (C=O) groups excluding carboxylic acids is 2. The Morgan fingerprint density at radius 3 is 2.12 bits per heavy atom. The molecular formula is C39H46N4O7. The van der Waals surface area contributed by atoms with Crippen LogP contribution in [-0.4, -0.2) is 67.8 Å². The summed E-state index contributed by atoms with van der Waals surface area (Å²) in [5.41, 5.74) is 9.48. The van der Waals surface area contributed by atoms with Gasteiger partial charge in [0.1, 0.15) is 19.0 Å². The fourth-order valence-corrected chi connectivity index (χ4v) is 6.88. The Labute approximate surface area is 293 Å². The summed E-state index contributed by atoms with van der Waals surface area (Å²) in [5, 5.41) is 14.6. The van der Waals surface area contributed by atoms with Gasteiger partial charge in [0.25, 0.3) is 5.69 Å². The van der Waals surface area contributed by atoms with Crippen LogP contribution in [0, 0.1) is 10.1 Å². The Hall–Kier alpha value is -5.00. The van der Waals surface area contributed by atoms with Gasteiger partial charge in [-0.1, -0.05) is 86.1 Å². The third-order valence-electron chi connectivity index (χ3n) is 9.55. The number of rotatable bonds is 15. The van der Waals surface area contributed by atoms with Gasteiger partial charge in [0.15, 0.2) is 0 Å².